The molecule has 0 saturated carbocycles. The molecule has 1 aromatic carbocycles. The van der Waals surface area contributed by atoms with Crippen LogP contribution in [0.2, 0.25) is 5.02 Å². The van der Waals surface area contributed by atoms with E-state index < -0.39 is 0 Å². The zero-order chi connectivity index (χ0) is 13.1. The number of likely N-dealkylation sites (tertiary alicyclic amines) is 1. The van der Waals surface area contributed by atoms with Crippen molar-refractivity contribution in [1.82, 2.24) is 4.90 Å². The fourth-order valence-electron chi connectivity index (χ4n) is 2.58. The van der Waals surface area contributed by atoms with Gasteiger partial charge in [-0.05, 0) is 57.5 Å². The summed E-state index contributed by atoms with van der Waals surface area (Å²) in [5.74, 6) is 0.264. The van der Waals surface area contributed by atoms with E-state index in [1.165, 1.54) is 25.5 Å². The highest BCUT2D eigenvalue weighted by atomic mass is 35.5. The predicted octanol–water partition coefficient (Wildman–Crippen LogP) is 3.62. The first-order valence-electron chi connectivity index (χ1n) is 6.46. The number of anilines is 1. The van der Waals surface area contributed by atoms with Gasteiger partial charge in [0.25, 0.3) is 0 Å². The molecule has 1 fully saturated rings. The largest absolute Gasteiger partial charge is 0.382 e. The first-order valence-corrected chi connectivity index (χ1v) is 6.84. The molecule has 1 aliphatic rings. The van der Waals surface area contributed by atoms with E-state index in [0.29, 0.717) is 12.0 Å². The summed E-state index contributed by atoms with van der Waals surface area (Å²) in [6, 6.07) is 5.17. The van der Waals surface area contributed by atoms with Gasteiger partial charge < -0.3 is 10.2 Å². The fourth-order valence-corrected chi connectivity index (χ4v) is 2.76. The van der Waals surface area contributed by atoms with Gasteiger partial charge in [-0.1, -0.05) is 11.6 Å². The Kier molecular flexibility index (Phi) is 4.46. The van der Waals surface area contributed by atoms with Gasteiger partial charge in [-0.15, -0.1) is 0 Å². The highest BCUT2D eigenvalue weighted by molar-refractivity contribution is 6.31. The average Bonchev–Trinajstić information content (AvgIpc) is 2.34. The van der Waals surface area contributed by atoms with Gasteiger partial charge in [-0.3, -0.25) is 0 Å². The smallest absolute Gasteiger partial charge is 0.141 e. The summed E-state index contributed by atoms with van der Waals surface area (Å²) in [5, 5.41) is 3.60. The van der Waals surface area contributed by atoms with Crippen molar-refractivity contribution in [3.8, 4) is 0 Å². The number of nitrogens with one attached hydrogen (secondary N) is 1. The number of rotatable bonds is 3. The van der Waals surface area contributed by atoms with Gasteiger partial charge >= 0.3 is 0 Å². The van der Waals surface area contributed by atoms with E-state index >= 15 is 0 Å². The molecule has 1 aromatic rings. The van der Waals surface area contributed by atoms with Gasteiger partial charge in [-0.2, -0.15) is 0 Å². The van der Waals surface area contributed by atoms with Crippen molar-refractivity contribution < 1.29 is 4.39 Å². The molecule has 4 heteroatoms. The molecule has 0 aromatic heterocycles. The van der Waals surface area contributed by atoms with Crippen LogP contribution in [-0.4, -0.2) is 31.1 Å². The Hall–Kier alpha value is -0.800. The highest BCUT2D eigenvalue weighted by Gasteiger charge is 2.22. The van der Waals surface area contributed by atoms with Gasteiger partial charge in [-0.25, -0.2) is 4.39 Å². The van der Waals surface area contributed by atoms with Crippen LogP contribution in [0.4, 0.5) is 10.1 Å². The summed E-state index contributed by atoms with van der Waals surface area (Å²) >= 11 is 5.78. The molecule has 2 unspecified atom stereocenters. The molecule has 1 saturated heterocycles. The lowest BCUT2D eigenvalue weighted by atomic mass is 9.92. The molecule has 2 atom stereocenters. The molecule has 1 heterocycles. The molecule has 2 nitrogen and oxygen atoms in total. The minimum atomic E-state index is -0.368. The third-order valence-electron chi connectivity index (χ3n) is 3.68. The maximum absolute atomic E-state index is 13.1. The molecule has 0 bridgehead atoms. The van der Waals surface area contributed by atoms with Crippen LogP contribution in [0.1, 0.15) is 19.8 Å². The minimum absolute atomic E-state index is 0.174. The van der Waals surface area contributed by atoms with Crippen molar-refractivity contribution in [3.05, 3.63) is 29.0 Å². The monoisotopic (exact) mass is 270 g/mol. The van der Waals surface area contributed by atoms with Gasteiger partial charge in [0.15, 0.2) is 0 Å². The molecule has 1 N–H and O–H groups in total. The number of hydrogen-bond donors (Lipinski definition) is 1. The molecular weight excluding hydrogens is 251 g/mol. The summed E-state index contributed by atoms with van der Waals surface area (Å²) in [6.45, 7) is 4.48. The van der Waals surface area contributed by atoms with Crippen molar-refractivity contribution in [1.29, 1.82) is 0 Å². The first kappa shape index (κ1) is 13.6. The van der Waals surface area contributed by atoms with Crippen molar-refractivity contribution in [2.45, 2.75) is 25.8 Å². The molecule has 0 spiro atoms. The number of benzene rings is 1. The second kappa shape index (κ2) is 5.89. The topological polar surface area (TPSA) is 15.3 Å². The summed E-state index contributed by atoms with van der Waals surface area (Å²) in [5.41, 5.74) is 0.891. The zero-order valence-electron chi connectivity index (χ0n) is 10.9. The Balaban J connectivity index is 1.97. The lowest BCUT2D eigenvalue weighted by Crippen LogP contribution is -2.39. The predicted molar refractivity (Wildman–Crippen MR) is 74.7 cm³/mol. The Morgan fingerprint density at radius 2 is 2.28 bits per heavy atom. The summed E-state index contributed by atoms with van der Waals surface area (Å²) in [7, 11) is 2.16. The molecule has 0 radical (unpaired) electrons. The van der Waals surface area contributed by atoms with Crippen LogP contribution in [0.5, 0.6) is 0 Å². The maximum atomic E-state index is 13.1. The van der Waals surface area contributed by atoms with E-state index in [1.807, 2.05) is 0 Å². The second-order valence-corrected chi connectivity index (χ2v) is 5.63. The van der Waals surface area contributed by atoms with Crippen LogP contribution in [0.15, 0.2) is 18.2 Å². The molecule has 1 aliphatic heterocycles. The minimum Gasteiger partial charge on any atom is -0.382 e. The summed E-state index contributed by atoms with van der Waals surface area (Å²) in [4.78, 5) is 2.37. The van der Waals surface area contributed by atoms with E-state index in [2.05, 4.69) is 24.2 Å². The molecule has 0 aliphatic carbocycles. The lowest BCUT2D eigenvalue weighted by Gasteiger charge is -2.34. The molecule has 0 amide bonds. The fraction of sp³-hybridized carbons (Fsp3) is 0.571. The van der Waals surface area contributed by atoms with Crippen molar-refractivity contribution in [2.75, 3.05) is 25.5 Å². The molecule has 2 rings (SSSR count). The second-order valence-electron chi connectivity index (χ2n) is 5.23. The van der Waals surface area contributed by atoms with Gasteiger partial charge in [0.2, 0.25) is 0 Å². The van der Waals surface area contributed by atoms with Crippen LogP contribution in [0, 0.1) is 11.7 Å². The third kappa shape index (κ3) is 3.36. The highest BCUT2D eigenvalue weighted by Crippen LogP contribution is 2.24. The maximum Gasteiger partial charge on any atom is 0.141 e. The summed E-state index contributed by atoms with van der Waals surface area (Å²) in [6.07, 6.45) is 2.49. The van der Waals surface area contributed by atoms with E-state index in [4.69, 9.17) is 11.6 Å². The summed E-state index contributed by atoms with van der Waals surface area (Å²) < 4.78 is 13.1. The van der Waals surface area contributed by atoms with Crippen LogP contribution in [-0.2, 0) is 0 Å². The van der Waals surface area contributed by atoms with Crippen LogP contribution < -0.4 is 5.32 Å². The number of nitrogens with zero attached hydrogens (tertiary/aromatic N) is 1. The van der Waals surface area contributed by atoms with Crippen LogP contribution >= 0.6 is 11.6 Å². The molecular formula is C14H20ClFN2. The third-order valence-corrected chi connectivity index (χ3v) is 3.97. The molecule has 100 valence electrons. The quantitative estimate of drug-likeness (QED) is 0.902. The van der Waals surface area contributed by atoms with E-state index in [-0.39, 0.29) is 10.8 Å². The SMILES string of the molecule is CC(Nc1ccc(F)c(Cl)c1)C1CCCN(C)C1. The normalized spacial score (nSPS) is 22.8. The Labute approximate surface area is 113 Å². The number of halogens is 2. The van der Waals surface area contributed by atoms with Crippen LogP contribution in [0.3, 0.4) is 0 Å². The zero-order valence-corrected chi connectivity index (χ0v) is 11.7. The average molecular weight is 271 g/mol. The Morgan fingerprint density at radius 3 is 2.94 bits per heavy atom. The Morgan fingerprint density at radius 1 is 1.50 bits per heavy atom. The van der Waals surface area contributed by atoms with Crippen molar-refractivity contribution in [2.24, 2.45) is 5.92 Å². The Bertz CT molecular complexity index is 411. The standard InChI is InChI=1S/C14H20ClFN2/c1-10(11-4-3-7-18(2)9-11)17-12-5-6-14(16)13(15)8-12/h5-6,8,10-11,17H,3-4,7,9H2,1-2H3. The lowest BCUT2D eigenvalue weighted by molar-refractivity contribution is 0.197. The number of piperidine rings is 1. The molecule has 18 heavy (non-hydrogen) atoms. The van der Waals surface area contributed by atoms with E-state index in [1.54, 1.807) is 12.1 Å². The van der Waals surface area contributed by atoms with Gasteiger partial charge in [0.05, 0.1) is 5.02 Å². The van der Waals surface area contributed by atoms with Gasteiger partial charge in [0, 0.05) is 18.3 Å². The van der Waals surface area contributed by atoms with E-state index in [0.717, 1.165) is 12.2 Å². The van der Waals surface area contributed by atoms with Crippen molar-refractivity contribution in [3.63, 3.8) is 0 Å². The van der Waals surface area contributed by atoms with Crippen molar-refractivity contribution >= 4 is 17.3 Å². The first-order chi connectivity index (χ1) is 8.56. The van der Waals surface area contributed by atoms with E-state index in [9.17, 15) is 4.39 Å². The van der Waals surface area contributed by atoms with Crippen LogP contribution in [0.25, 0.3) is 0 Å². The number of hydrogen-bond acceptors (Lipinski definition) is 2. The van der Waals surface area contributed by atoms with Gasteiger partial charge in [0.1, 0.15) is 5.82 Å².